The molecule has 0 fully saturated rings. The van der Waals surface area contributed by atoms with Crippen molar-refractivity contribution in [1.82, 2.24) is 9.55 Å². The number of benzene rings is 3. The molecular formula is C28H27N5O4. The summed E-state index contributed by atoms with van der Waals surface area (Å²) < 4.78 is 1.26. The quantitative estimate of drug-likeness (QED) is 0.305. The van der Waals surface area contributed by atoms with Crippen LogP contribution in [0.3, 0.4) is 0 Å². The number of nitrogens with one attached hydrogen (secondary N) is 2. The predicted molar refractivity (Wildman–Crippen MR) is 144 cm³/mol. The van der Waals surface area contributed by atoms with Crippen molar-refractivity contribution in [3.05, 3.63) is 122 Å². The highest BCUT2D eigenvalue weighted by molar-refractivity contribution is 6.14. The van der Waals surface area contributed by atoms with E-state index in [9.17, 15) is 19.2 Å². The van der Waals surface area contributed by atoms with Gasteiger partial charge in [0.15, 0.2) is 5.78 Å². The number of para-hydroxylation sites is 1. The molecule has 0 spiro atoms. The molecule has 0 aliphatic heterocycles. The van der Waals surface area contributed by atoms with E-state index in [2.05, 4.69) is 10.3 Å². The van der Waals surface area contributed by atoms with Gasteiger partial charge in [0, 0.05) is 17.7 Å². The molecule has 9 heteroatoms. The average Bonchev–Trinajstić information content (AvgIpc) is 2.91. The number of nitrogen functional groups attached to an aromatic ring is 1. The molecule has 4 N–H and O–H groups in total. The Hall–Kier alpha value is -4.92. The molecule has 37 heavy (non-hydrogen) atoms. The fourth-order valence-electron chi connectivity index (χ4n) is 4.05. The second-order valence-electron chi connectivity index (χ2n) is 8.37. The number of anilines is 3. The number of rotatable bonds is 9. The summed E-state index contributed by atoms with van der Waals surface area (Å²) in [5, 5.41) is 2.78. The number of hydrogen-bond acceptors (Lipinski definition) is 6. The van der Waals surface area contributed by atoms with Gasteiger partial charge in [-0.2, -0.15) is 0 Å². The predicted octanol–water partition coefficient (Wildman–Crippen LogP) is 2.86. The summed E-state index contributed by atoms with van der Waals surface area (Å²) in [6, 6.07) is 24.7. The van der Waals surface area contributed by atoms with Gasteiger partial charge in [-0.3, -0.25) is 23.9 Å². The first kappa shape index (κ1) is 25.2. The maximum atomic E-state index is 13.0. The lowest BCUT2D eigenvalue weighted by Gasteiger charge is -2.24. The molecule has 1 heterocycles. The lowest BCUT2D eigenvalue weighted by molar-refractivity contribution is -0.115. The van der Waals surface area contributed by atoms with Crippen LogP contribution in [0.1, 0.15) is 28.4 Å². The number of H-pyrrole nitrogens is 1. The van der Waals surface area contributed by atoms with Gasteiger partial charge >= 0.3 is 5.69 Å². The minimum atomic E-state index is -0.680. The van der Waals surface area contributed by atoms with Crippen molar-refractivity contribution in [1.29, 1.82) is 0 Å². The molecule has 0 unspecified atom stereocenters. The van der Waals surface area contributed by atoms with E-state index < -0.39 is 17.2 Å². The monoisotopic (exact) mass is 497 g/mol. The van der Waals surface area contributed by atoms with Crippen molar-refractivity contribution >= 4 is 28.9 Å². The molecule has 188 valence electrons. The molecule has 0 radical (unpaired) electrons. The van der Waals surface area contributed by atoms with Crippen molar-refractivity contribution in [2.75, 3.05) is 29.0 Å². The Labute approximate surface area is 213 Å². The zero-order chi connectivity index (χ0) is 26.4. The van der Waals surface area contributed by atoms with Gasteiger partial charge < -0.3 is 16.0 Å². The average molecular weight is 498 g/mol. The highest BCUT2D eigenvalue weighted by atomic mass is 16.2. The lowest BCUT2D eigenvalue weighted by atomic mass is 10.0. The molecule has 9 nitrogen and oxygen atoms in total. The lowest BCUT2D eigenvalue weighted by Crippen LogP contribution is -2.41. The Morgan fingerprint density at radius 3 is 2.22 bits per heavy atom. The number of ketones is 1. The van der Waals surface area contributed by atoms with Crippen molar-refractivity contribution in [3.8, 4) is 0 Å². The Bertz CT molecular complexity index is 1530. The Balaban J connectivity index is 1.58. The van der Waals surface area contributed by atoms with Gasteiger partial charge in [0.2, 0.25) is 5.91 Å². The van der Waals surface area contributed by atoms with Crippen molar-refractivity contribution in [2.45, 2.75) is 13.5 Å². The fraction of sp³-hybridized carbons (Fsp3) is 0.143. The normalized spacial score (nSPS) is 10.6. The van der Waals surface area contributed by atoms with E-state index in [1.54, 1.807) is 55.5 Å². The smallest absolute Gasteiger partial charge is 0.330 e. The van der Waals surface area contributed by atoms with Crippen LogP contribution >= 0.6 is 0 Å². The van der Waals surface area contributed by atoms with Gasteiger partial charge in [-0.25, -0.2) is 4.79 Å². The molecule has 3 aromatic carbocycles. The number of aromatic nitrogens is 2. The van der Waals surface area contributed by atoms with Crippen LogP contribution < -0.4 is 27.2 Å². The third-order valence-corrected chi connectivity index (χ3v) is 5.91. The zero-order valence-corrected chi connectivity index (χ0v) is 20.3. The first-order chi connectivity index (χ1) is 17.9. The van der Waals surface area contributed by atoms with Crippen LogP contribution in [0.4, 0.5) is 17.2 Å². The van der Waals surface area contributed by atoms with Crippen LogP contribution in [0.5, 0.6) is 0 Å². The Kier molecular flexibility index (Phi) is 7.63. The summed E-state index contributed by atoms with van der Waals surface area (Å²) in [5.74, 6) is -0.709. The number of carbonyl (C=O) groups is 2. The summed E-state index contributed by atoms with van der Waals surface area (Å²) in [4.78, 5) is 55.1. The summed E-state index contributed by atoms with van der Waals surface area (Å²) in [7, 11) is 0. The molecule has 0 saturated heterocycles. The molecule has 0 aliphatic rings. The van der Waals surface area contributed by atoms with E-state index in [-0.39, 0.29) is 36.9 Å². The van der Waals surface area contributed by atoms with E-state index in [0.29, 0.717) is 16.8 Å². The number of likely N-dealkylation sites (N-methyl/N-ethyl adjacent to an activating group) is 1. The largest absolute Gasteiger partial charge is 0.383 e. The minimum Gasteiger partial charge on any atom is -0.383 e. The molecule has 4 aromatic rings. The molecule has 4 rings (SSSR count). The summed E-state index contributed by atoms with van der Waals surface area (Å²) >= 11 is 0. The summed E-state index contributed by atoms with van der Waals surface area (Å²) in [6.45, 7) is 1.98. The van der Waals surface area contributed by atoms with E-state index in [1.165, 1.54) is 9.47 Å². The number of nitrogens with two attached hydrogens (primary N) is 1. The molecule has 0 aliphatic carbocycles. The first-order valence-electron chi connectivity index (χ1n) is 11.8. The Morgan fingerprint density at radius 2 is 1.54 bits per heavy atom. The van der Waals surface area contributed by atoms with Crippen LogP contribution in [0.15, 0.2) is 94.5 Å². The van der Waals surface area contributed by atoms with Gasteiger partial charge in [0.05, 0.1) is 18.8 Å². The van der Waals surface area contributed by atoms with Gasteiger partial charge in [0.25, 0.3) is 5.56 Å². The standard InChI is InChI=1S/C28H27N5O4/c1-2-32(24-26(29)33(28(37)31-27(24)36)17-19-11-5-3-6-12-19)18-23(34)30-22-16-10-9-15-21(22)25(35)20-13-7-4-8-14-20/h3-16H,2,17-18,29H2,1H3,(H,30,34)(H,31,36,37). The van der Waals surface area contributed by atoms with Crippen molar-refractivity contribution in [2.24, 2.45) is 0 Å². The molecule has 0 bridgehead atoms. The number of hydrogen-bond donors (Lipinski definition) is 3. The first-order valence-corrected chi connectivity index (χ1v) is 11.8. The van der Waals surface area contributed by atoms with Crippen molar-refractivity contribution < 1.29 is 9.59 Å². The number of aromatic amines is 1. The number of carbonyl (C=O) groups excluding carboxylic acids is 2. The second-order valence-corrected chi connectivity index (χ2v) is 8.37. The van der Waals surface area contributed by atoms with Crippen LogP contribution in [0.25, 0.3) is 0 Å². The summed E-state index contributed by atoms with van der Waals surface area (Å²) in [5.41, 5.74) is 7.03. The minimum absolute atomic E-state index is 0.0295. The van der Waals surface area contributed by atoms with E-state index in [0.717, 1.165) is 5.56 Å². The van der Waals surface area contributed by atoms with Gasteiger partial charge in [-0.15, -0.1) is 0 Å². The molecule has 0 atom stereocenters. The Morgan fingerprint density at radius 1 is 0.919 bits per heavy atom. The third kappa shape index (κ3) is 5.67. The van der Waals surface area contributed by atoms with Crippen LogP contribution in [-0.4, -0.2) is 34.3 Å². The number of nitrogens with zero attached hydrogens (tertiary/aromatic N) is 2. The molecular weight excluding hydrogens is 470 g/mol. The van der Waals surface area contributed by atoms with Gasteiger partial charge in [0.1, 0.15) is 11.5 Å². The zero-order valence-electron chi connectivity index (χ0n) is 20.3. The van der Waals surface area contributed by atoms with Crippen LogP contribution in [-0.2, 0) is 11.3 Å². The van der Waals surface area contributed by atoms with Crippen LogP contribution in [0.2, 0.25) is 0 Å². The number of amides is 1. The highest BCUT2D eigenvalue weighted by Gasteiger charge is 2.21. The SMILES string of the molecule is CCN(CC(=O)Nc1ccccc1C(=O)c1ccccc1)c1c(N)n(Cc2ccccc2)c(=O)[nH]c1=O. The van der Waals surface area contributed by atoms with Crippen molar-refractivity contribution in [3.63, 3.8) is 0 Å². The molecule has 1 aromatic heterocycles. The second kappa shape index (κ2) is 11.2. The topological polar surface area (TPSA) is 130 Å². The van der Waals surface area contributed by atoms with E-state index >= 15 is 0 Å². The molecule has 0 saturated carbocycles. The maximum Gasteiger partial charge on any atom is 0.330 e. The fourth-order valence-corrected chi connectivity index (χ4v) is 4.05. The third-order valence-electron chi connectivity index (χ3n) is 5.91. The van der Waals surface area contributed by atoms with Gasteiger partial charge in [-0.1, -0.05) is 72.8 Å². The van der Waals surface area contributed by atoms with Gasteiger partial charge in [-0.05, 0) is 24.6 Å². The van der Waals surface area contributed by atoms with E-state index in [4.69, 9.17) is 5.73 Å². The molecule has 1 amide bonds. The van der Waals surface area contributed by atoms with Crippen LogP contribution in [0, 0.1) is 0 Å². The highest BCUT2D eigenvalue weighted by Crippen LogP contribution is 2.21. The maximum absolute atomic E-state index is 13.0. The summed E-state index contributed by atoms with van der Waals surface area (Å²) in [6.07, 6.45) is 0. The van der Waals surface area contributed by atoms with E-state index in [1.807, 2.05) is 36.4 Å².